The lowest BCUT2D eigenvalue weighted by Gasteiger charge is -2.10. The van der Waals surface area contributed by atoms with Gasteiger partial charge in [0.15, 0.2) is 5.96 Å². The molecule has 2 aromatic rings. The van der Waals surface area contributed by atoms with E-state index in [0.29, 0.717) is 0 Å². The molecule has 23 heavy (non-hydrogen) atoms. The van der Waals surface area contributed by atoms with Gasteiger partial charge in [-0.3, -0.25) is 4.99 Å². The Bertz CT molecular complexity index is 645. The second kappa shape index (κ2) is 9.36. The third-order valence-corrected chi connectivity index (χ3v) is 3.22. The molecular formula is C17H22IN3O2. The van der Waals surface area contributed by atoms with Crippen molar-refractivity contribution in [1.82, 2.24) is 0 Å². The molecule has 0 saturated heterocycles. The Morgan fingerprint density at radius 2 is 1.96 bits per heavy atom. The van der Waals surface area contributed by atoms with Crippen molar-refractivity contribution in [1.29, 1.82) is 0 Å². The summed E-state index contributed by atoms with van der Waals surface area (Å²) in [5, 5.41) is 13.1. The highest BCUT2D eigenvalue weighted by Crippen LogP contribution is 2.16. The van der Waals surface area contributed by atoms with Crippen molar-refractivity contribution in [2.45, 2.75) is 13.0 Å². The molecule has 0 amide bonds. The minimum absolute atomic E-state index is 0. The summed E-state index contributed by atoms with van der Waals surface area (Å²) in [5.74, 6) is 1.03. The van der Waals surface area contributed by atoms with E-state index in [-0.39, 0.29) is 36.5 Å². The minimum Gasteiger partial charge on any atom is -0.497 e. The van der Waals surface area contributed by atoms with E-state index in [1.807, 2.05) is 55.5 Å². The fourth-order valence-corrected chi connectivity index (χ4v) is 2.03. The predicted molar refractivity (Wildman–Crippen MR) is 105 cm³/mol. The van der Waals surface area contributed by atoms with Gasteiger partial charge in [0.2, 0.25) is 0 Å². The molecule has 2 rings (SSSR count). The zero-order valence-electron chi connectivity index (χ0n) is 13.2. The van der Waals surface area contributed by atoms with E-state index in [2.05, 4.69) is 10.3 Å². The van der Waals surface area contributed by atoms with Gasteiger partial charge in [-0.1, -0.05) is 29.8 Å². The van der Waals surface area contributed by atoms with Crippen LogP contribution in [-0.4, -0.2) is 24.7 Å². The summed E-state index contributed by atoms with van der Waals surface area (Å²) in [6.07, 6.45) is -0.670. The number of nitrogens with one attached hydrogen (secondary N) is 1. The number of aliphatic imine (C=N–C) groups is 1. The molecular weight excluding hydrogens is 405 g/mol. The number of guanidine groups is 1. The summed E-state index contributed by atoms with van der Waals surface area (Å²) in [5.41, 5.74) is 8.58. The number of ether oxygens (including phenoxy) is 1. The maximum atomic E-state index is 10.1. The van der Waals surface area contributed by atoms with Crippen molar-refractivity contribution in [3.05, 3.63) is 59.7 Å². The first-order valence-corrected chi connectivity index (χ1v) is 7.04. The molecule has 5 nitrogen and oxygen atoms in total. The summed E-state index contributed by atoms with van der Waals surface area (Å²) in [6.45, 7) is 2.19. The van der Waals surface area contributed by atoms with Crippen molar-refractivity contribution >= 4 is 35.6 Å². The highest BCUT2D eigenvalue weighted by Gasteiger charge is 2.07. The monoisotopic (exact) mass is 427 g/mol. The molecule has 0 radical (unpaired) electrons. The van der Waals surface area contributed by atoms with E-state index in [4.69, 9.17) is 10.5 Å². The van der Waals surface area contributed by atoms with E-state index >= 15 is 0 Å². The Balaban J connectivity index is 0.00000264. The molecule has 2 aromatic carbocycles. The number of rotatable bonds is 5. The van der Waals surface area contributed by atoms with E-state index in [0.717, 1.165) is 22.6 Å². The van der Waals surface area contributed by atoms with Gasteiger partial charge in [0.25, 0.3) is 0 Å². The number of aliphatic hydroxyl groups is 1. The van der Waals surface area contributed by atoms with Crippen molar-refractivity contribution in [3.63, 3.8) is 0 Å². The Labute approximate surface area is 153 Å². The molecule has 0 aliphatic rings. The molecule has 0 heterocycles. The number of methoxy groups -OCH3 is 1. The van der Waals surface area contributed by atoms with Crippen LogP contribution in [0.1, 0.15) is 17.2 Å². The van der Waals surface area contributed by atoms with Gasteiger partial charge in [-0.05, 0) is 36.8 Å². The van der Waals surface area contributed by atoms with Gasteiger partial charge in [-0.25, -0.2) is 0 Å². The standard InChI is InChI=1S/C17H21N3O2.HI/c1-12-4-3-5-13(10-12)16(21)11-19-17(18)20-14-6-8-15(22-2)9-7-14;/h3-10,16,21H,11H2,1-2H3,(H3,18,19,20);1H. The lowest BCUT2D eigenvalue weighted by Crippen LogP contribution is -2.23. The van der Waals surface area contributed by atoms with E-state index in [1.54, 1.807) is 7.11 Å². The smallest absolute Gasteiger partial charge is 0.193 e. The number of hydrogen-bond acceptors (Lipinski definition) is 3. The van der Waals surface area contributed by atoms with Crippen LogP contribution in [0.5, 0.6) is 5.75 Å². The number of nitrogens with zero attached hydrogens (tertiary/aromatic N) is 1. The summed E-state index contributed by atoms with van der Waals surface area (Å²) < 4.78 is 5.09. The maximum Gasteiger partial charge on any atom is 0.193 e. The molecule has 0 aromatic heterocycles. The van der Waals surface area contributed by atoms with E-state index < -0.39 is 6.10 Å². The van der Waals surface area contributed by atoms with Crippen molar-refractivity contribution in [3.8, 4) is 5.75 Å². The van der Waals surface area contributed by atoms with Crippen LogP contribution in [0, 0.1) is 6.92 Å². The molecule has 1 atom stereocenters. The molecule has 1 unspecified atom stereocenters. The Hall–Kier alpha value is -1.80. The molecule has 0 aliphatic carbocycles. The van der Waals surface area contributed by atoms with Gasteiger partial charge < -0.3 is 20.9 Å². The van der Waals surface area contributed by atoms with Gasteiger partial charge in [-0.2, -0.15) is 0 Å². The second-order valence-corrected chi connectivity index (χ2v) is 5.01. The Kier molecular flexibility index (Phi) is 7.84. The first kappa shape index (κ1) is 19.2. The molecule has 0 fully saturated rings. The highest BCUT2D eigenvalue weighted by atomic mass is 127. The summed E-state index contributed by atoms with van der Waals surface area (Å²) in [6, 6.07) is 15.1. The average Bonchev–Trinajstić information content (AvgIpc) is 2.53. The van der Waals surface area contributed by atoms with Crippen molar-refractivity contribution in [2.24, 2.45) is 10.7 Å². The zero-order chi connectivity index (χ0) is 15.9. The fourth-order valence-electron chi connectivity index (χ4n) is 2.03. The molecule has 0 saturated carbocycles. The summed E-state index contributed by atoms with van der Waals surface area (Å²) in [4.78, 5) is 4.17. The van der Waals surface area contributed by atoms with Crippen LogP contribution in [0.4, 0.5) is 5.69 Å². The largest absolute Gasteiger partial charge is 0.497 e. The van der Waals surface area contributed by atoms with Crippen LogP contribution in [-0.2, 0) is 0 Å². The molecule has 6 heteroatoms. The van der Waals surface area contributed by atoms with Gasteiger partial charge in [0.1, 0.15) is 5.75 Å². The summed E-state index contributed by atoms with van der Waals surface area (Å²) in [7, 11) is 1.62. The number of aryl methyl sites for hydroxylation is 1. The zero-order valence-corrected chi connectivity index (χ0v) is 15.5. The number of benzene rings is 2. The SMILES string of the molecule is COc1ccc(NC(N)=NCC(O)c2cccc(C)c2)cc1.I. The molecule has 124 valence electrons. The average molecular weight is 427 g/mol. The fraction of sp³-hybridized carbons (Fsp3) is 0.235. The van der Waals surface area contributed by atoms with Crippen LogP contribution in [0.2, 0.25) is 0 Å². The first-order chi connectivity index (χ1) is 10.6. The summed E-state index contributed by atoms with van der Waals surface area (Å²) >= 11 is 0. The lowest BCUT2D eigenvalue weighted by molar-refractivity contribution is 0.187. The van der Waals surface area contributed by atoms with Gasteiger partial charge in [-0.15, -0.1) is 24.0 Å². The number of anilines is 1. The van der Waals surface area contributed by atoms with Crippen LogP contribution < -0.4 is 15.8 Å². The molecule has 0 aliphatic heterocycles. The topological polar surface area (TPSA) is 79.9 Å². The van der Waals surface area contributed by atoms with Crippen molar-refractivity contribution in [2.75, 3.05) is 19.0 Å². The van der Waals surface area contributed by atoms with Crippen LogP contribution >= 0.6 is 24.0 Å². The van der Waals surface area contributed by atoms with E-state index in [9.17, 15) is 5.11 Å². The molecule has 0 bridgehead atoms. The normalized spacial score (nSPS) is 12.2. The third kappa shape index (κ3) is 6.07. The van der Waals surface area contributed by atoms with E-state index in [1.165, 1.54) is 0 Å². The first-order valence-electron chi connectivity index (χ1n) is 7.04. The number of aliphatic hydroxyl groups excluding tert-OH is 1. The number of halogens is 1. The quantitative estimate of drug-likeness (QED) is 0.389. The molecule has 4 N–H and O–H groups in total. The van der Waals surface area contributed by atoms with Gasteiger partial charge >= 0.3 is 0 Å². The van der Waals surface area contributed by atoms with Crippen LogP contribution in [0.3, 0.4) is 0 Å². The highest BCUT2D eigenvalue weighted by molar-refractivity contribution is 14.0. The predicted octanol–water partition coefficient (Wildman–Crippen LogP) is 3.08. The number of hydrogen-bond donors (Lipinski definition) is 3. The lowest BCUT2D eigenvalue weighted by atomic mass is 10.1. The van der Waals surface area contributed by atoms with Crippen LogP contribution in [0.15, 0.2) is 53.5 Å². The maximum absolute atomic E-state index is 10.1. The molecule has 0 spiro atoms. The van der Waals surface area contributed by atoms with Gasteiger partial charge in [0, 0.05) is 5.69 Å². The van der Waals surface area contributed by atoms with Crippen LogP contribution in [0.25, 0.3) is 0 Å². The Morgan fingerprint density at radius 3 is 2.57 bits per heavy atom. The third-order valence-electron chi connectivity index (χ3n) is 3.22. The Morgan fingerprint density at radius 1 is 1.26 bits per heavy atom. The second-order valence-electron chi connectivity index (χ2n) is 5.01. The van der Waals surface area contributed by atoms with Crippen molar-refractivity contribution < 1.29 is 9.84 Å². The number of nitrogens with two attached hydrogens (primary N) is 1. The van der Waals surface area contributed by atoms with Gasteiger partial charge in [0.05, 0.1) is 19.8 Å². The minimum atomic E-state index is -0.670.